The predicted octanol–water partition coefficient (Wildman–Crippen LogP) is 0.275. The lowest BCUT2D eigenvalue weighted by Crippen LogP contribution is -2.65. The number of amides is 4. The highest BCUT2D eigenvalue weighted by atomic mass is 16.5. The maximum absolute atomic E-state index is 14.2. The lowest BCUT2D eigenvalue weighted by atomic mass is 9.85. The molecule has 0 radical (unpaired) electrons. The molecule has 2 heterocycles. The standard InChI is InChI=1S/C29H44N4O8/c1-16-13-20(14-22(40-5)24(16)41-6)15-29(28(39)31-23(19(4)35)25(30)36)10-8-12-33(29)27(38)21-9-7-11-32(21)26(37)17(2)18(3)34/h13-14,17-19,21,23,34-35H,7-12,15H2,1-6H3,(H2,30,36)(H,31,39)/t17-,18+,19+,21-,23-,29+/m0/s1. The fourth-order valence-electron chi connectivity index (χ4n) is 6.01. The van der Waals surface area contributed by atoms with Gasteiger partial charge in [-0.05, 0) is 63.6 Å². The molecule has 2 fully saturated rings. The Morgan fingerprint density at radius 1 is 1.07 bits per heavy atom. The van der Waals surface area contributed by atoms with Crippen LogP contribution in [0.15, 0.2) is 12.1 Å². The second kappa shape index (κ2) is 13.1. The first kappa shape index (κ1) is 32.1. The Bertz CT molecular complexity index is 1160. The number of carbonyl (C=O) groups excluding carboxylic acids is 4. The van der Waals surface area contributed by atoms with Gasteiger partial charge in [-0.25, -0.2) is 0 Å². The van der Waals surface area contributed by atoms with Crippen LogP contribution in [0.3, 0.4) is 0 Å². The molecule has 41 heavy (non-hydrogen) atoms. The largest absolute Gasteiger partial charge is 0.493 e. The van der Waals surface area contributed by atoms with Gasteiger partial charge in [-0.15, -0.1) is 0 Å². The number of methoxy groups -OCH3 is 2. The maximum Gasteiger partial charge on any atom is 0.247 e. The van der Waals surface area contributed by atoms with Gasteiger partial charge in [-0.1, -0.05) is 13.0 Å². The minimum atomic E-state index is -1.43. The third kappa shape index (κ3) is 6.43. The first-order valence-electron chi connectivity index (χ1n) is 14.1. The van der Waals surface area contributed by atoms with E-state index in [9.17, 15) is 29.4 Å². The van der Waals surface area contributed by atoms with Gasteiger partial charge < -0.3 is 40.5 Å². The Kier molecular flexibility index (Phi) is 10.2. The molecule has 1 aromatic carbocycles. The highest BCUT2D eigenvalue weighted by molar-refractivity contribution is 5.97. The molecule has 2 aliphatic rings. The Morgan fingerprint density at radius 2 is 1.76 bits per heavy atom. The SMILES string of the molecule is COc1cc(C[C@@]2(C(=O)N[C@H](C(N)=O)[C@@H](C)O)CCCN2C(=O)[C@@H]2CCCN2C(=O)[C@@H](C)[C@@H](C)O)cc(C)c1OC. The molecule has 2 aliphatic heterocycles. The molecule has 0 aromatic heterocycles. The molecule has 4 amide bonds. The van der Waals surface area contributed by atoms with E-state index in [0.29, 0.717) is 42.9 Å². The van der Waals surface area contributed by atoms with Crippen molar-refractivity contribution in [1.82, 2.24) is 15.1 Å². The third-order valence-electron chi connectivity index (χ3n) is 8.41. The second-order valence-electron chi connectivity index (χ2n) is 11.3. The lowest BCUT2D eigenvalue weighted by molar-refractivity contribution is -0.153. The molecule has 0 unspecified atom stereocenters. The van der Waals surface area contributed by atoms with Crippen molar-refractivity contribution in [3.63, 3.8) is 0 Å². The number of ether oxygens (including phenoxy) is 2. The molecular formula is C29H44N4O8. The molecule has 1 aromatic rings. The number of primary amides is 1. The van der Waals surface area contributed by atoms with E-state index in [4.69, 9.17) is 15.2 Å². The number of aliphatic hydroxyl groups excluding tert-OH is 2. The van der Waals surface area contributed by atoms with E-state index >= 15 is 0 Å². The molecule has 12 heteroatoms. The minimum Gasteiger partial charge on any atom is -0.493 e. The fourth-order valence-corrected chi connectivity index (χ4v) is 6.01. The molecule has 3 rings (SSSR count). The van der Waals surface area contributed by atoms with Gasteiger partial charge >= 0.3 is 0 Å². The molecule has 12 nitrogen and oxygen atoms in total. The monoisotopic (exact) mass is 576 g/mol. The molecule has 0 spiro atoms. The molecular weight excluding hydrogens is 532 g/mol. The summed E-state index contributed by atoms with van der Waals surface area (Å²) >= 11 is 0. The van der Waals surface area contributed by atoms with E-state index in [1.807, 2.05) is 13.0 Å². The van der Waals surface area contributed by atoms with Crippen LogP contribution in [0.2, 0.25) is 0 Å². The van der Waals surface area contributed by atoms with E-state index in [-0.39, 0.29) is 31.2 Å². The van der Waals surface area contributed by atoms with Crippen LogP contribution in [0.5, 0.6) is 11.5 Å². The zero-order valence-electron chi connectivity index (χ0n) is 24.8. The molecule has 228 valence electrons. The van der Waals surface area contributed by atoms with Crippen LogP contribution >= 0.6 is 0 Å². The van der Waals surface area contributed by atoms with Crippen molar-refractivity contribution in [2.75, 3.05) is 27.3 Å². The molecule has 5 N–H and O–H groups in total. The number of hydrogen-bond acceptors (Lipinski definition) is 8. The predicted molar refractivity (Wildman–Crippen MR) is 150 cm³/mol. The smallest absolute Gasteiger partial charge is 0.247 e. The summed E-state index contributed by atoms with van der Waals surface area (Å²) in [7, 11) is 3.04. The molecule has 0 aliphatic carbocycles. The van der Waals surface area contributed by atoms with E-state index in [2.05, 4.69) is 5.32 Å². The topological polar surface area (TPSA) is 172 Å². The number of likely N-dealkylation sites (tertiary alicyclic amines) is 2. The number of rotatable bonds is 11. The summed E-state index contributed by atoms with van der Waals surface area (Å²) in [6.45, 7) is 6.99. The number of carbonyl (C=O) groups is 4. The van der Waals surface area contributed by atoms with Gasteiger partial charge in [0.15, 0.2) is 11.5 Å². The van der Waals surface area contributed by atoms with E-state index in [0.717, 1.165) is 5.56 Å². The Labute approximate surface area is 241 Å². The number of aliphatic hydroxyl groups is 2. The van der Waals surface area contributed by atoms with Crippen molar-refractivity contribution in [3.8, 4) is 11.5 Å². The number of hydrogen-bond donors (Lipinski definition) is 4. The Hall–Kier alpha value is -3.38. The summed E-state index contributed by atoms with van der Waals surface area (Å²) < 4.78 is 11.0. The summed E-state index contributed by atoms with van der Waals surface area (Å²) in [5.41, 5.74) is 5.52. The van der Waals surface area contributed by atoms with Gasteiger partial charge in [0.1, 0.15) is 17.6 Å². The van der Waals surface area contributed by atoms with Crippen LogP contribution in [-0.2, 0) is 25.6 Å². The molecule has 0 saturated carbocycles. The van der Waals surface area contributed by atoms with Crippen LogP contribution in [0, 0.1) is 12.8 Å². The Morgan fingerprint density at radius 3 is 2.32 bits per heavy atom. The molecule has 2 saturated heterocycles. The van der Waals surface area contributed by atoms with E-state index < -0.39 is 47.6 Å². The highest BCUT2D eigenvalue weighted by Crippen LogP contribution is 2.39. The quantitative estimate of drug-likeness (QED) is 0.291. The van der Waals surface area contributed by atoms with Crippen molar-refractivity contribution in [2.45, 2.75) is 89.6 Å². The number of nitrogens with one attached hydrogen (secondary N) is 1. The van der Waals surface area contributed by atoms with Gasteiger partial charge in [-0.2, -0.15) is 0 Å². The van der Waals surface area contributed by atoms with Gasteiger partial charge in [0.25, 0.3) is 0 Å². The van der Waals surface area contributed by atoms with Gasteiger partial charge in [0, 0.05) is 19.5 Å². The molecule has 0 bridgehead atoms. The van der Waals surface area contributed by atoms with Gasteiger partial charge in [0.2, 0.25) is 23.6 Å². The van der Waals surface area contributed by atoms with Crippen LogP contribution < -0.4 is 20.5 Å². The second-order valence-corrected chi connectivity index (χ2v) is 11.3. The maximum atomic E-state index is 14.2. The van der Waals surface area contributed by atoms with Crippen molar-refractivity contribution in [3.05, 3.63) is 23.3 Å². The number of benzene rings is 1. The van der Waals surface area contributed by atoms with Crippen LogP contribution in [0.25, 0.3) is 0 Å². The van der Waals surface area contributed by atoms with Gasteiger partial charge in [-0.3, -0.25) is 19.2 Å². The fraction of sp³-hybridized carbons (Fsp3) is 0.655. The number of nitrogens with zero attached hydrogens (tertiary/aromatic N) is 2. The summed E-state index contributed by atoms with van der Waals surface area (Å²) in [6, 6.07) is 1.45. The average Bonchev–Trinajstić information content (AvgIpc) is 3.58. The van der Waals surface area contributed by atoms with E-state index in [1.165, 1.54) is 37.9 Å². The van der Waals surface area contributed by atoms with Crippen molar-refractivity contribution >= 4 is 23.6 Å². The van der Waals surface area contributed by atoms with E-state index in [1.54, 1.807) is 13.0 Å². The van der Waals surface area contributed by atoms with Crippen LogP contribution in [0.1, 0.15) is 57.6 Å². The average molecular weight is 577 g/mol. The summed E-state index contributed by atoms with van der Waals surface area (Å²) in [6.07, 6.45) is -0.218. The highest BCUT2D eigenvalue weighted by Gasteiger charge is 2.53. The third-order valence-corrected chi connectivity index (χ3v) is 8.41. The van der Waals surface area contributed by atoms with Crippen molar-refractivity contribution in [1.29, 1.82) is 0 Å². The van der Waals surface area contributed by atoms with Crippen molar-refractivity contribution in [2.24, 2.45) is 11.7 Å². The van der Waals surface area contributed by atoms with Crippen LogP contribution in [-0.4, -0.2) is 101 Å². The lowest BCUT2D eigenvalue weighted by Gasteiger charge is -2.41. The summed E-state index contributed by atoms with van der Waals surface area (Å²) in [5, 5.41) is 22.8. The van der Waals surface area contributed by atoms with Crippen molar-refractivity contribution < 1.29 is 38.9 Å². The number of nitrogens with two attached hydrogens (primary N) is 1. The summed E-state index contributed by atoms with van der Waals surface area (Å²) in [4.78, 5) is 56.6. The minimum absolute atomic E-state index is 0.0851. The van der Waals surface area contributed by atoms with Gasteiger partial charge in [0.05, 0.1) is 32.3 Å². The summed E-state index contributed by atoms with van der Waals surface area (Å²) in [5.74, 6) is -1.88. The normalized spacial score (nSPS) is 23.5. The Balaban J connectivity index is 2.06. The first-order valence-corrected chi connectivity index (χ1v) is 14.1. The molecule has 6 atom stereocenters. The zero-order valence-corrected chi connectivity index (χ0v) is 24.8. The zero-order chi connectivity index (χ0) is 30.6. The number of aryl methyl sites for hydroxylation is 1. The first-order chi connectivity index (χ1) is 19.3. The van der Waals surface area contributed by atoms with Crippen LogP contribution in [0.4, 0.5) is 0 Å².